The zero-order valence-corrected chi connectivity index (χ0v) is 9.61. The lowest BCUT2D eigenvalue weighted by atomic mass is 9.86. The Morgan fingerprint density at radius 1 is 1.40 bits per heavy atom. The fourth-order valence-electron chi connectivity index (χ4n) is 1.73. The molecule has 1 aliphatic heterocycles. The van der Waals surface area contributed by atoms with Crippen LogP contribution in [0.2, 0.25) is 5.02 Å². The number of benzene rings is 1. The summed E-state index contributed by atoms with van der Waals surface area (Å²) in [5, 5.41) is 3.34. The highest BCUT2D eigenvalue weighted by Crippen LogP contribution is 2.42. The summed E-state index contributed by atoms with van der Waals surface area (Å²) in [7, 11) is 1.55. The van der Waals surface area contributed by atoms with Crippen molar-refractivity contribution in [3.8, 4) is 5.75 Å². The van der Waals surface area contributed by atoms with Crippen LogP contribution in [-0.4, -0.2) is 13.0 Å². The lowest BCUT2D eigenvalue weighted by Gasteiger charge is -2.15. The average Bonchev–Trinajstić information content (AvgIpc) is 2.39. The molecule has 15 heavy (non-hydrogen) atoms. The van der Waals surface area contributed by atoms with E-state index in [0.29, 0.717) is 10.8 Å². The molecule has 0 fully saturated rings. The molecular formula is C11H12ClNO2. The number of anilines is 1. The zero-order chi connectivity index (χ0) is 11.2. The molecule has 0 aliphatic carbocycles. The van der Waals surface area contributed by atoms with E-state index in [0.717, 1.165) is 11.3 Å². The number of hydrogen-bond donors (Lipinski definition) is 1. The van der Waals surface area contributed by atoms with E-state index >= 15 is 0 Å². The van der Waals surface area contributed by atoms with Crippen LogP contribution in [0.4, 0.5) is 5.69 Å². The van der Waals surface area contributed by atoms with Crippen LogP contribution in [-0.2, 0) is 10.2 Å². The van der Waals surface area contributed by atoms with E-state index in [9.17, 15) is 4.79 Å². The molecule has 1 heterocycles. The second-order valence-electron chi connectivity index (χ2n) is 4.11. The summed E-state index contributed by atoms with van der Waals surface area (Å²) in [6, 6.07) is 3.54. The molecular weight excluding hydrogens is 214 g/mol. The smallest absolute Gasteiger partial charge is 0.234 e. The molecule has 0 bridgehead atoms. The highest BCUT2D eigenvalue weighted by molar-refractivity contribution is 6.32. The molecule has 1 aromatic carbocycles. The molecule has 0 radical (unpaired) electrons. The quantitative estimate of drug-likeness (QED) is 0.798. The highest BCUT2D eigenvalue weighted by Gasteiger charge is 2.38. The number of fused-ring (bicyclic) bond motifs is 1. The summed E-state index contributed by atoms with van der Waals surface area (Å²) in [5.74, 6) is 0.565. The van der Waals surface area contributed by atoms with E-state index in [1.807, 2.05) is 13.8 Å². The molecule has 0 saturated carbocycles. The molecule has 2 rings (SSSR count). The minimum absolute atomic E-state index is 0.0122. The van der Waals surface area contributed by atoms with Gasteiger partial charge in [-0.25, -0.2) is 0 Å². The monoisotopic (exact) mass is 225 g/mol. The summed E-state index contributed by atoms with van der Waals surface area (Å²) in [6.45, 7) is 3.74. The predicted molar refractivity (Wildman–Crippen MR) is 59.7 cm³/mol. The molecule has 4 heteroatoms. The van der Waals surface area contributed by atoms with E-state index < -0.39 is 5.41 Å². The second-order valence-corrected chi connectivity index (χ2v) is 4.52. The Morgan fingerprint density at radius 2 is 2.07 bits per heavy atom. The maximum atomic E-state index is 11.7. The SMILES string of the molecule is COc1cc2c(cc1Cl)C(C)(C)C(=O)N2. The Labute approximate surface area is 93.4 Å². The van der Waals surface area contributed by atoms with Crippen molar-refractivity contribution in [3.63, 3.8) is 0 Å². The predicted octanol–water partition coefficient (Wildman–Crippen LogP) is 2.58. The van der Waals surface area contributed by atoms with Crippen LogP contribution < -0.4 is 10.1 Å². The zero-order valence-electron chi connectivity index (χ0n) is 8.85. The third kappa shape index (κ3) is 1.38. The van der Waals surface area contributed by atoms with Gasteiger partial charge in [-0.15, -0.1) is 0 Å². The number of carbonyl (C=O) groups excluding carboxylic acids is 1. The van der Waals surface area contributed by atoms with Crippen molar-refractivity contribution in [1.29, 1.82) is 0 Å². The van der Waals surface area contributed by atoms with Gasteiger partial charge in [-0.2, -0.15) is 0 Å². The van der Waals surface area contributed by atoms with Crippen LogP contribution in [0.15, 0.2) is 12.1 Å². The molecule has 1 aromatic rings. The van der Waals surface area contributed by atoms with Gasteiger partial charge in [0.15, 0.2) is 0 Å². The van der Waals surface area contributed by atoms with Crippen molar-refractivity contribution in [2.75, 3.05) is 12.4 Å². The lowest BCUT2D eigenvalue weighted by molar-refractivity contribution is -0.119. The number of methoxy groups -OCH3 is 1. The summed E-state index contributed by atoms with van der Waals surface area (Å²) in [6.07, 6.45) is 0. The maximum absolute atomic E-state index is 11.7. The first-order valence-electron chi connectivity index (χ1n) is 4.66. The normalized spacial score (nSPS) is 17.2. The topological polar surface area (TPSA) is 38.3 Å². The van der Waals surface area contributed by atoms with Crippen molar-refractivity contribution in [2.24, 2.45) is 0 Å². The van der Waals surface area contributed by atoms with Gasteiger partial charge in [-0.3, -0.25) is 4.79 Å². The molecule has 0 saturated heterocycles. The number of ether oxygens (including phenoxy) is 1. The molecule has 0 aromatic heterocycles. The minimum atomic E-state index is -0.523. The first-order chi connectivity index (χ1) is 6.96. The highest BCUT2D eigenvalue weighted by atomic mass is 35.5. The maximum Gasteiger partial charge on any atom is 0.234 e. The first-order valence-corrected chi connectivity index (χ1v) is 5.04. The summed E-state index contributed by atoms with van der Waals surface area (Å²) in [5.41, 5.74) is 1.18. The van der Waals surface area contributed by atoms with Crippen molar-refractivity contribution in [2.45, 2.75) is 19.3 Å². The summed E-state index contributed by atoms with van der Waals surface area (Å²) >= 11 is 6.02. The van der Waals surface area contributed by atoms with E-state index in [-0.39, 0.29) is 5.91 Å². The van der Waals surface area contributed by atoms with Gasteiger partial charge < -0.3 is 10.1 Å². The molecule has 1 N–H and O–H groups in total. The van der Waals surface area contributed by atoms with Gasteiger partial charge in [0.05, 0.1) is 17.5 Å². The summed E-state index contributed by atoms with van der Waals surface area (Å²) in [4.78, 5) is 11.7. The van der Waals surface area contributed by atoms with E-state index in [2.05, 4.69) is 5.32 Å². The Bertz CT molecular complexity index is 440. The fourth-order valence-corrected chi connectivity index (χ4v) is 1.97. The molecule has 0 unspecified atom stereocenters. The van der Waals surface area contributed by atoms with Crippen molar-refractivity contribution in [1.82, 2.24) is 0 Å². The van der Waals surface area contributed by atoms with E-state index in [1.54, 1.807) is 19.2 Å². The lowest BCUT2D eigenvalue weighted by Crippen LogP contribution is -2.26. The van der Waals surface area contributed by atoms with Crippen LogP contribution in [0, 0.1) is 0 Å². The van der Waals surface area contributed by atoms with Gasteiger partial charge >= 0.3 is 0 Å². The van der Waals surface area contributed by atoms with Crippen molar-refractivity contribution < 1.29 is 9.53 Å². The number of halogens is 1. The van der Waals surface area contributed by atoms with Crippen LogP contribution in [0.5, 0.6) is 5.75 Å². The van der Waals surface area contributed by atoms with E-state index in [4.69, 9.17) is 16.3 Å². The van der Waals surface area contributed by atoms with Crippen LogP contribution in [0.1, 0.15) is 19.4 Å². The van der Waals surface area contributed by atoms with Crippen LogP contribution in [0.25, 0.3) is 0 Å². The van der Waals surface area contributed by atoms with Crippen molar-refractivity contribution >= 4 is 23.2 Å². The Balaban J connectivity index is 2.61. The Morgan fingerprint density at radius 3 is 2.67 bits per heavy atom. The third-order valence-corrected chi connectivity index (χ3v) is 3.08. The van der Waals surface area contributed by atoms with Crippen LogP contribution >= 0.6 is 11.6 Å². The molecule has 0 spiro atoms. The molecule has 1 amide bonds. The van der Waals surface area contributed by atoms with Crippen LogP contribution in [0.3, 0.4) is 0 Å². The number of carbonyl (C=O) groups is 1. The fraction of sp³-hybridized carbons (Fsp3) is 0.364. The van der Waals surface area contributed by atoms with Gasteiger partial charge in [0.25, 0.3) is 0 Å². The van der Waals surface area contributed by atoms with Gasteiger partial charge in [0.2, 0.25) is 5.91 Å². The number of nitrogens with one attached hydrogen (secondary N) is 1. The molecule has 3 nitrogen and oxygen atoms in total. The Hall–Kier alpha value is -1.22. The van der Waals surface area contributed by atoms with Crippen molar-refractivity contribution in [3.05, 3.63) is 22.7 Å². The van der Waals surface area contributed by atoms with Gasteiger partial charge in [0.1, 0.15) is 5.75 Å². The second kappa shape index (κ2) is 3.14. The Kier molecular flexibility index (Phi) is 2.15. The summed E-state index contributed by atoms with van der Waals surface area (Å²) < 4.78 is 5.09. The van der Waals surface area contributed by atoms with Gasteiger partial charge in [-0.1, -0.05) is 11.6 Å². The molecule has 80 valence electrons. The number of amides is 1. The number of hydrogen-bond acceptors (Lipinski definition) is 2. The largest absolute Gasteiger partial charge is 0.495 e. The molecule has 0 atom stereocenters. The number of rotatable bonds is 1. The first kappa shape index (κ1) is 10.3. The molecule has 1 aliphatic rings. The van der Waals surface area contributed by atoms with E-state index in [1.165, 1.54) is 0 Å². The third-order valence-electron chi connectivity index (χ3n) is 2.78. The average molecular weight is 226 g/mol. The van der Waals surface area contributed by atoms with Gasteiger partial charge in [0, 0.05) is 11.8 Å². The minimum Gasteiger partial charge on any atom is -0.495 e. The van der Waals surface area contributed by atoms with Gasteiger partial charge in [-0.05, 0) is 25.5 Å². The standard InChI is InChI=1S/C11H12ClNO2/c1-11(2)6-4-7(12)9(15-3)5-8(6)13-10(11)14/h4-5H,1-3H3,(H,13,14).